The van der Waals surface area contributed by atoms with Crippen LogP contribution in [0.25, 0.3) is 11.0 Å². The summed E-state index contributed by atoms with van der Waals surface area (Å²) in [5.41, 5.74) is 0.747. The number of rotatable bonds is 5. The molecule has 0 saturated carbocycles. The Morgan fingerprint density at radius 2 is 2.21 bits per heavy atom. The van der Waals surface area contributed by atoms with Crippen LogP contribution < -0.4 is 10.1 Å². The van der Waals surface area contributed by atoms with E-state index in [-0.39, 0.29) is 12.5 Å². The van der Waals surface area contributed by atoms with Crippen LogP contribution in [-0.2, 0) is 5.60 Å². The van der Waals surface area contributed by atoms with E-state index in [0.717, 1.165) is 5.56 Å². The van der Waals surface area contributed by atoms with E-state index < -0.39 is 5.60 Å². The van der Waals surface area contributed by atoms with Gasteiger partial charge in [-0.25, -0.2) is 0 Å². The quantitative estimate of drug-likeness (QED) is 0.743. The Hall–Kier alpha value is -2.31. The number of aryl methyl sites for hydroxylation is 1. The molecule has 0 saturated heterocycles. The summed E-state index contributed by atoms with van der Waals surface area (Å²) in [6, 6.07) is 7.19. The third-order valence-corrected chi connectivity index (χ3v) is 4.72. The topological polar surface area (TPSA) is 71.7 Å². The first-order valence-corrected chi connectivity index (χ1v) is 8.47. The van der Waals surface area contributed by atoms with Crippen LogP contribution in [0.1, 0.15) is 28.6 Å². The van der Waals surface area contributed by atoms with Crippen molar-refractivity contribution in [2.75, 3.05) is 13.7 Å². The molecule has 1 amide bonds. The summed E-state index contributed by atoms with van der Waals surface area (Å²) in [6.07, 6.45) is 0. The Bertz CT molecular complexity index is 865. The molecule has 0 spiro atoms. The van der Waals surface area contributed by atoms with Gasteiger partial charge in [-0.15, -0.1) is 0 Å². The Labute approximate surface area is 143 Å². The minimum Gasteiger partial charge on any atom is -0.497 e. The number of furan rings is 1. The monoisotopic (exact) mass is 345 g/mol. The predicted molar refractivity (Wildman–Crippen MR) is 93.7 cm³/mol. The highest BCUT2D eigenvalue weighted by atomic mass is 32.1. The lowest BCUT2D eigenvalue weighted by atomic mass is 9.99. The minimum atomic E-state index is -1.12. The number of methoxy groups -OCH3 is 1. The number of nitrogens with one attached hydrogen (secondary N) is 1. The molecule has 3 aromatic rings. The molecule has 1 atom stereocenters. The maximum Gasteiger partial charge on any atom is 0.255 e. The second-order valence-electron chi connectivity index (χ2n) is 5.86. The van der Waals surface area contributed by atoms with E-state index in [9.17, 15) is 9.90 Å². The van der Waals surface area contributed by atoms with Crippen LogP contribution in [0.5, 0.6) is 5.75 Å². The van der Waals surface area contributed by atoms with E-state index in [1.165, 1.54) is 11.3 Å². The maximum atomic E-state index is 12.6. The fourth-order valence-electron chi connectivity index (χ4n) is 2.62. The minimum absolute atomic E-state index is 0.110. The number of hydrogen-bond donors (Lipinski definition) is 2. The zero-order valence-corrected chi connectivity index (χ0v) is 14.6. The average molecular weight is 345 g/mol. The van der Waals surface area contributed by atoms with Crippen LogP contribution in [0.15, 0.2) is 39.4 Å². The molecular weight excluding hydrogens is 326 g/mol. The summed E-state index contributed by atoms with van der Waals surface area (Å²) in [5.74, 6) is 0.906. The summed E-state index contributed by atoms with van der Waals surface area (Å²) < 4.78 is 10.9. The second kappa shape index (κ2) is 6.30. The fraction of sp³-hybridized carbons (Fsp3) is 0.278. The molecule has 0 fully saturated rings. The van der Waals surface area contributed by atoms with Gasteiger partial charge < -0.3 is 19.6 Å². The van der Waals surface area contributed by atoms with Crippen LogP contribution in [0.4, 0.5) is 0 Å². The smallest absolute Gasteiger partial charge is 0.255 e. The normalized spacial score (nSPS) is 13.7. The second-order valence-corrected chi connectivity index (χ2v) is 6.64. The van der Waals surface area contributed by atoms with Crippen LogP contribution in [0.2, 0.25) is 0 Å². The number of fused-ring (bicyclic) bond motifs is 1. The number of benzene rings is 1. The van der Waals surface area contributed by atoms with Gasteiger partial charge in [0, 0.05) is 5.39 Å². The molecule has 1 aromatic carbocycles. The molecule has 2 N–H and O–H groups in total. The van der Waals surface area contributed by atoms with Crippen LogP contribution in [-0.4, -0.2) is 24.7 Å². The zero-order chi connectivity index (χ0) is 17.3. The zero-order valence-electron chi connectivity index (χ0n) is 13.8. The van der Waals surface area contributed by atoms with Crippen molar-refractivity contribution in [2.45, 2.75) is 19.4 Å². The van der Waals surface area contributed by atoms with Gasteiger partial charge in [-0.1, -0.05) is 0 Å². The van der Waals surface area contributed by atoms with E-state index in [0.29, 0.717) is 28.0 Å². The molecular formula is C18H19NO4S. The first kappa shape index (κ1) is 16.5. The third-order valence-electron chi connectivity index (χ3n) is 4.03. The van der Waals surface area contributed by atoms with Crippen molar-refractivity contribution in [1.82, 2.24) is 5.32 Å². The van der Waals surface area contributed by atoms with Crippen molar-refractivity contribution >= 4 is 28.2 Å². The van der Waals surface area contributed by atoms with Gasteiger partial charge in [0.15, 0.2) is 0 Å². The van der Waals surface area contributed by atoms with Crippen molar-refractivity contribution in [1.29, 1.82) is 0 Å². The van der Waals surface area contributed by atoms with Crippen molar-refractivity contribution in [3.8, 4) is 5.75 Å². The molecule has 0 aliphatic rings. The molecule has 0 aliphatic heterocycles. The van der Waals surface area contributed by atoms with Gasteiger partial charge in [0.2, 0.25) is 0 Å². The third kappa shape index (κ3) is 3.02. The summed E-state index contributed by atoms with van der Waals surface area (Å²) >= 11 is 1.51. The number of carbonyl (C=O) groups is 1. The number of carbonyl (C=O) groups excluding carboxylic acids is 1. The molecule has 0 radical (unpaired) electrons. The summed E-state index contributed by atoms with van der Waals surface area (Å²) in [7, 11) is 1.58. The Morgan fingerprint density at radius 3 is 2.88 bits per heavy atom. The molecule has 126 valence electrons. The maximum absolute atomic E-state index is 12.6. The lowest BCUT2D eigenvalue weighted by Gasteiger charge is -2.22. The molecule has 0 bridgehead atoms. The fourth-order valence-corrected chi connectivity index (χ4v) is 3.40. The average Bonchev–Trinajstić information content (AvgIpc) is 3.19. The highest BCUT2D eigenvalue weighted by Crippen LogP contribution is 2.29. The summed E-state index contributed by atoms with van der Waals surface area (Å²) in [4.78, 5) is 12.6. The van der Waals surface area contributed by atoms with Gasteiger partial charge in [-0.2, -0.15) is 11.3 Å². The molecule has 6 heteroatoms. The summed E-state index contributed by atoms with van der Waals surface area (Å²) in [6.45, 7) is 3.54. The van der Waals surface area contributed by atoms with Gasteiger partial charge in [0.25, 0.3) is 5.91 Å². The number of hydrogen-bond acceptors (Lipinski definition) is 5. The van der Waals surface area contributed by atoms with Gasteiger partial charge >= 0.3 is 0 Å². The van der Waals surface area contributed by atoms with E-state index in [4.69, 9.17) is 9.15 Å². The van der Waals surface area contributed by atoms with Crippen molar-refractivity contribution in [3.05, 3.63) is 51.9 Å². The Balaban J connectivity index is 1.85. The molecule has 5 nitrogen and oxygen atoms in total. The molecule has 24 heavy (non-hydrogen) atoms. The largest absolute Gasteiger partial charge is 0.497 e. The number of ether oxygens (including phenoxy) is 1. The standard InChI is InChI=1S/C18H19NO4S/c1-11-16(14-8-13(22-3)4-5-15(14)23-11)17(20)19-10-18(2,21)12-6-7-24-9-12/h4-9,21H,10H2,1-3H3,(H,19,20). The van der Waals surface area contributed by atoms with E-state index in [2.05, 4.69) is 5.32 Å². The lowest BCUT2D eigenvalue weighted by molar-refractivity contribution is 0.0530. The first-order chi connectivity index (χ1) is 11.4. The number of thiophene rings is 1. The number of aliphatic hydroxyl groups is 1. The predicted octanol–water partition coefficient (Wildman–Crippen LogP) is 3.45. The van der Waals surface area contributed by atoms with Gasteiger partial charge in [-0.05, 0) is 54.4 Å². The van der Waals surface area contributed by atoms with E-state index in [1.807, 2.05) is 16.8 Å². The highest BCUT2D eigenvalue weighted by Gasteiger charge is 2.26. The van der Waals surface area contributed by atoms with E-state index in [1.54, 1.807) is 39.2 Å². The Morgan fingerprint density at radius 1 is 1.42 bits per heavy atom. The Kier molecular flexibility index (Phi) is 4.34. The van der Waals surface area contributed by atoms with Gasteiger partial charge in [0.05, 0.1) is 19.2 Å². The van der Waals surface area contributed by atoms with Gasteiger partial charge in [0.1, 0.15) is 22.7 Å². The first-order valence-electron chi connectivity index (χ1n) is 7.53. The SMILES string of the molecule is COc1ccc2oc(C)c(C(=O)NCC(C)(O)c3ccsc3)c2c1. The number of amides is 1. The molecule has 3 rings (SSSR count). The molecule has 0 aliphatic carbocycles. The molecule has 1 unspecified atom stereocenters. The lowest BCUT2D eigenvalue weighted by Crippen LogP contribution is -2.38. The summed E-state index contributed by atoms with van der Waals surface area (Å²) in [5, 5.41) is 17.8. The van der Waals surface area contributed by atoms with Crippen LogP contribution in [0.3, 0.4) is 0 Å². The van der Waals surface area contributed by atoms with Crippen LogP contribution in [0, 0.1) is 6.92 Å². The highest BCUT2D eigenvalue weighted by molar-refractivity contribution is 7.08. The van der Waals surface area contributed by atoms with Gasteiger partial charge in [-0.3, -0.25) is 4.79 Å². The van der Waals surface area contributed by atoms with Crippen molar-refractivity contribution < 1.29 is 19.1 Å². The molecule has 2 aromatic heterocycles. The van der Waals surface area contributed by atoms with Crippen molar-refractivity contribution in [2.24, 2.45) is 0 Å². The van der Waals surface area contributed by atoms with Crippen molar-refractivity contribution in [3.63, 3.8) is 0 Å². The van der Waals surface area contributed by atoms with Crippen LogP contribution >= 0.6 is 11.3 Å². The molecule has 2 heterocycles. The van der Waals surface area contributed by atoms with E-state index >= 15 is 0 Å².